The summed E-state index contributed by atoms with van der Waals surface area (Å²) in [6.45, 7) is 5.31. The zero-order chi connectivity index (χ0) is 13.6. The van der Waals surface area contributed by atoms with E-state index in [0.29, 0.717) is 18.9 Å². The predicted molar refractivity (Wildman–Crippen MR) is 71.2 cm³/mol. The summed E-state index contributed by atoms with van der Waals surface area (Å²) in [4.78, 5) is 11.4. The largest absolute Gasteiger partial charge is 0.468 e. The van der Waals surface area contributed by atoms with Gasteiger partial charge in [-0.1, -0.05) is 19.8 Å². The quantitative estimate of drug-likeness (QED) is 0.585. The Bertz CT molecular complexity index is 266. The maximum atomic E-state index is 11.4. The van der Waals surface area contributed by atoms with E-state index in [0.717, 1.165) is 12.5 Å². The summed E-state index contributed by atoms with van der Waals surface area (Å²) in [5, 5.41) is 0. The molecule has 3 atom stereocenters. The molecule has 0 aromatic heterocycles. The Balaban J connectivity index is 2.16. The SMILES string of the molecule is COC(=O)C(C)(N)CCOCC1CCCC(C)C1. The van der Waals surface area contributed by atoms with Crippen molar-refractivity contribution in [2.45, 2.75) is 51.5 Å². The van der Waals surface area contributed by atoms with Gasteiger partial charge in [0.05, 0.1) is 7.11 Å². The van der Waals surface area contributed by atoms with Crippen molar-refractivity contribution in [1.82, 2.24) is 0 Å². The molecule has 0 bridgehead atoms. The van der Waals surface area contributed by atoms with Crippen molar-refractivity contribution in [3.63, 3.8) is 0 Å². The van der Waals surface area contributed by atoms with Crippen molar-refractivity contribution in [2.24, 2.45) is 17.6 Å². The molecule has 106 valence electrons. The van der Waals surface area contributed by atoms with E-state index in [1.807, 2.05) is 0 Å². The molecule has 0 aliphatic heterocycles. The maximum Gasteiger partial charge on any atom is 0.325 e. The number of esters is 1. The Morgan fingerprint density at radius 2 is 2.17 bits per heavy atom. The van der Waals surface area contributed by atoms with Crippen LogP contribution in [-0.2, 0) is 14.3 Å². The summed E-state index contributed by atoms with van der Waals surface area (Å²) in [7, 11) is 1.36. The summed E-state index contributed by atoms with van der Waals surface area (Å²) < 4.78 is 10.3. The van der Waals surface area contributed by atoms with E-state index >= 15 is 0 Å². The summed E-state index contributed by atoms with van der Waals surface area (Å²) in [5.74, 6) is 1.12. The van der Waals surface area contributed by atoms with Crippen LogP contribution < -0.4 is 5.73 Å². The van der Waals surface area contributed by atoms with Crippen molar-refractivity contribution < 1.29 is 14.3 Å². The molecule has 1 aliphatic carbocycles. The van der Waals surface area contributed by atoms with Gasteiger partial charge in [-0.2, -0.15) is 0 Å². The molecule has 0 heterocycles. The lowest BCUT2D eigenvalue weighted by molar-refractivity contribution is -0.147. The van der Waals surface area contributed by atoms with E-state index in [-0.39, 0.29) is 5.97 Å². The molecular formula is C14H27NO3. The Hall–Kier alpha value is -0.610. The highest BCUT2D eigenvalue weighted by Gasteiger charge is 2.29. The van der Waals surface area contributed by atoms with Gasteiger partial charge in [-0.3, -0.25) is 4.79 Å². The van der Waals surface area contributed by atoms with Gasteiger partial charge in [-0.15, -0.1) is 0 Å². The lowest BCUT2D eigenvalue weighted by Gasteiger charge is -2.27. The van der Waals surface area contributed by atoms with E-state index < -0.39 is 5.54 Å². The highest BCUT2D eigenvalue weighted by Crippen LogP contribution is 2.28. The minimum absolute atomic E-state index is 0.377. The van der Waals surface area contributed by atoms with E-state index in [1.54, 1.807) is 6.92 Å². The van der Waals surface area contributed by atoms with Gasteiger partial charge in [0.25, 0.3) is 0 Å². The van der Waals surface area contributed by atoms with Crippen LogP contribution in [0.1, 0.15) is 46.0 Å². The smallest absolute Gasteiger partial charge is 0.325 e. The van der Waals surface area contributed by atoms with Gasteiger partial charge < -0.3 is 15.2 Å². The first-order valence-corrected chi connectivity index (χ1v) is 6.90. The Kier molecular flexibility index (Phi) is 6.09. The third-order valence-electron chi connectivity index (χ3n) is 3.82. The van der Waals surface area contributed by atoms with Crippen molar-refractivity contribution in [1.29, 1.82) is 0 Å². The van der Waals surface area contributed by atoms with Gasteiger partial charge in [0, 0.05) is 13.2 Å². The van der Waals surface area contributed by atoms with Crippen LogP contribution in [0.2, 0.25) is 0 Å². The van der Waals surface area contributed by atoms with Gasteiger partial charge in [-0.25, -0.2) is 0 Å². The molecule has 0 aromatic carbocycles. The molecule has 0 saturated heterocycles. The average molecular weight is 257 g/mol. The molecular weight excluding hydrogens is 230 g/mol. The van der Waals surface area contributed by atoms with Crippen LogP contribution in [0.3, 0.4) is 0 Å². The van der Waals surface area contributed by atoms with Gasteiger partial charge in [0.1, 0.15) is 5.54 Å². The van der Waals surface area contributed by atoms with Crippen molar-refractivity contribution in [3.8, 4) is 0 Å². The fourth-order valence-corrected chi connectivity index (χ4v) is 2.58. The maximum absolute atomic E-state index is 11.4. The lowest BCUT2D eigenvalue weighted by Crippen LogP contribution is -2.46. The molecule has 4 heteroatoms. The average Bonchev–Trinajstić information content (AvgIpc) is 2.33. The molecule has 1 fully saturated rings. The summed E-state index contributed by atoms with van der Waals surface area (Å²) >= 11 is 0. The minimum atomic E-state index is -0.936. The van der Waals surface area contributed by atoms with E-state index in [2.05, 4.69) is 11.7 Å². The number of rotatable bonds is 6. The Morgan fingerprint density at radius 3 is 2.78 bits per heavy atom. The number of nitrogens with two attached hydrogens (primary N) is 1. The van der Waals surface area contributed by atoms with Crippen molar-refractivity contribution in [2.75, 3.05) is 20.3 Å². The minimum Gasteiger partial charge on any atom is -0.468 e. The second-order valence-corrected chi connectivity index (χ2v) is 5.87. The van der Waals surface area contributed by atoms with Crippen LogP contribution in [0, 0.1) is 11.8 Å². The number of methoxy groups -OCH3 is 1. The van der Waals surface area contributed by atoms with E-state index in [4.69, 9.17) is 10.5 Å². The number of carbonyl (C=O) groups excluding carboxylic acids is 1. The Labute approximate surface area is 110 Å². The predicted octanol–water partition coefficient (Wildman–Crippen LogP) is 2.11. The zero-order valence-electron chi connectivity index (χ0n) is 11.9. The molecule has 18 heavy (non-hydrogen) atoms. The number of hydrogen-bond donors (Lipinski definition) is 1. The van der Waals surface area contributed by atoms with Crippen LogP contribution >= 0.6 is 0 Å². The summed E-state index contributed by atoms with van der Waals surface area (Å²) in [6.07, 6.45) is 5.69. The lowest BCUT2D eigenvalue weighted by atomic mass is 9.83. The van der Waals surface area contributed by atoms with Crippen LogP contribution in [0.25, 0.3) is 0 Å². The molecule has 2 N–H and O–H groups in total. The van der Waals surface area contributed by atoms with Gasteiger partial charge in [0.15, 0.2) is 0 Å². The summed E-state index contributed by atoms with van der Waals surface area (Å²) in [6, 6.07) is 0. The third-order valence-corrected chi connectivity index (χ3v) is 3.82. The molecule has 1 rings (SSSR count). The first-order chi connectivity index (χ1) is 8.45. The standard InChI is InChI=1S/C14H27NO3/c1-11-5-4-6-12(9-11)10-18-8-7-14(2,15)13(16)17-3/h11-12H,4-10,15H2,1-3H3. The molecule has 3 unspecified atom stereocenters. The van der Waals surface area contributed by atoms with E-state index in [1.165, 1.54) is 32.8 Å². The number of hydrogen-bond acceptors (Lipinski definition) is 4. The topological polar surface area (TPSA) is 61.5 Å². The van der Waals surface area contributed by atoms with Gasteiger partial charge in [0.2, 0.25) is 0 Å². The van der Waals surface area contributed by atoms with Crippen LogP contribution in [0.5, 0.6) is 0 Å². The Morgan fingerprint density at radius 1 is 1.44 bits per heavy atom. The van der Waals surface area contributed by atoms with Crippen molar-refractivity contribution in [3.05, 3.63) is 0 Å². The molecule has 0 amide bonds. The first-order valence-electron chi connectivity index (χ1n) is 6.90. The van der Waals surface area contributed by atoms with Gasteiger partial charge >= 0.3 is 5.97 Å². The molecule has 0 aromatic rings. The van der Waals surface area contributed by atoms with Crippen LogP contribution in [-0.4, -0.2) is 31.8 Å². The molecule has 1 saturated carbocycles. The fourth-order valence-electron chi connectivity index (χ4n) is 2.58. The highest BCUT2D eigenvalue weighted by atomic mass is 16.5. The molecule has 1 aliphatic rings. The van der Waals surface area contributed by atoms with Crippen molar-refractivity contribution >= 4 is 5.97 Å². The van der Waals surface area contributed by atoms with E-state index in [9.17, 15) is 4.79 Å². The zero-order valence-corrected chi connectivity index (χ0v) is 11.9. The first kappa shape index (κ1) is 15.4. The normalized spacial score (nSPS) is 27.6. The number of carbonyl (C=O) groups is 1. The highest BCUT2D eigenvalue weighted by molar-refractivity contribution is 5.79. The molecule has 0 radical (unpaired) electrons. The van der Waals surface area contributed by atoms with Gasteiger partial charge in [-0.05, 0) is 38.0 Å². The molecule has 4 nitrogen and oxygen atoms in total. The third kappa shape index (κ3) is 4.94. The fraction of sp³-hybridized carbons (Fsp3) is 0.929. The number of ether oxygens (including phenoxy) is 2. The van der Waals surface area contributed by atoms with Crippen LogP contribution in [0.15, 0.2) is 0 Å². The summed E-state index contributed by atoms with van der Waals surface area (Å²) in [5.41, 5.74) is 4.92. The second kappa shape index (κ2) is 7.10. The monoisotopic (exact) mass is 257 g/mol. The van der Waals surface area contributed by atoms with Crippen LogP contribution in [0.4, 0.5) is 0 Å². The molecule has 0 spiro atoms. The second-order valence-electron chi connectivity index (χ2n) is 5.87.